The lowest BCUT2D eigenvalue weighted by Crippen LogP contribution is -2.49. The molecular formula is C24H27N5O10-4. The van der Waals surface area contributed by atoms with Crippen LogP contribution in [0.1, 0.15) is 5.56 Å². The van der Waals surface area contributed by atoms with E-state index >= 15 is 0 Å². The summed E-state index contributed by atoms with van der Waals surface area (Å²) in [5.74, 6) is -6.65. The number of rotatable bonds is 17. The van der Waals surface area contributed by atoms with Crippen molar-refractivity contribution in [3.05, 3.63) is 29.8 Å². The molecule has 0 aliphatic carbocycles. The molecular weight excluding hydrogens is 518 g/mol. The van der Waals surface area contributed by atoms with Crippen LogP contribution in [0, 0.1) is 6.92 Å². The Morgan fingerprint density at radius 2 is 1.31 bits per heavy atom. The van der Waals surface area contributed by atoms with Crippen LogP contribution in [0.2, 0.25) is 0 Å². The number of benzene rings is 1. The molecule has 0 bridgehead atoms. The topological polar surface area (TPSA) is 236 Å². The predicted octanol–water partition coefficient (Wildman–Crippen LogP) is -4.42. The smallest absolute Gasteiger partial charge is 0.317 e. The maximum atomic E-state index is 12.6. The maximum Gasteiger partial charge on any atom is 0.317 e. The first-order valence-corrected chi connectivity index (χ1v) is 11.7. The third-order valence-electron chi connectivity index (χ3n) is 5.48. The number of carboxylic acid groups (broad SMARTS) is 4. The highest BCUT2D eigenvalue weighted by Crippen LogP contribution is 2.24. The van der Waals surface area contributed by atoms with E-state index in [-0.39, 0.29) is 31.9 Å². The van der Waals surface area contributed by atoms with Gasteiger partial charge in [0.15, 0.2) is 0 Å². The Kier molecular flexibility index (Phi) is 11.5. The van der Waals surface area contributed by atoms with Crippen molar-refractivity contribution in [2.75, 3.05) is 58.9 Å². The highest BCUT2D eigenvalue weighted by molar-refractivity contribution is 5.87. The number of hydrogen-bond acceptors (Lipinski definition) is 13. The van der Waals surface area contributed by atoms with Crippen LogP contribution < -0.4 is 20.4 Å². The number of nitrogens with zero attached hydrogens (tertiary/aromatic N) is 5. The average molecular weight is 546 g/mol. The number of carboxylic acids is 4. The van der Waals surface area contributed by atoms with Crippen LogP contribution in [0.15, 0.2) is 29.3 Å². The molecule has 0 fully saturated rings. The van der Waals surface area contributed by atoms with Crippen molar-refractivity contribution in [3.63, 3.8) is 0 Å². The Hall–Kier alpha value is -4.34. The molecule has 1 aromatic heterocycles. The van der Waals surface area contributed by atoms with Crippen molar-refractivity contribution < 1.29 is 49.8 Å². The number of hydrogen-bond donors (Lipinski definition) is 2. The first kappa shape index (κ1) is 30.9. The molecule has 15 heteroatoms. The molecule has 0 atom stereocenters. The first-order valence-electron chi connectivity index (χ1n) is 11.7. The lowest BCUT2D eigenvalue weighted by atomic mass is 10.1. The molecule has 0 saturated carbocycles. The van der Waals surface area contributed by atoms with Crippen molar-refractivity contribution in [1.82, 2.24) is 19.7 Å². The fourth-order valence-corrected chi connectivity index (χ4v) is 3.81. The summed E-state index contributed by atoms with van der Waals surface area (Å²) in [5, 5.41) is 65.3. The van der Waals surface area contributed by atoms with E-state index in [0.29, 0.717) is 16.5 Å². The molecule has 0 aliphatic rings. The van der Waals surface area contributed by atoms with Gasteiger partial charge in [0.2, 0.25) is 0 Å². The van der Waals surface area contributed by atoms with Gasteiger partial charge in [-0.25, -0.2) is 0 Å². The van der Waals surface area contributed by atoms with Gasteiger partial charge in [0.05, 0.1) is 36.2 Å². The zero-order valence-corrected chi connectivity index (χ0v) is 21.1. The zero-order chi connectivity index (χ0) is 29.1. The number of aromatic nitrogens is 1. The van der Waals surface area contributed by atoms with Crippen molar-refractivity contribution in [2.45, 2.75) is 6.92 Å². The van der Waals surface area contributed by atoms with E-state index < -0.39 is 68.4 Å². The van der Waals surface area contributed by atoms with Crippen LogP contribution in [0.5, 0.6) is 5.88 Å². The van der Waals surface area contributed by atoms with Crippen molar-refractivity contribution in [1.29, 1.82) is 0 Å². The van der Waals surface area contributed by atoms with Gasteiger partial charge in [-0.1, -0.05) is 6.07 Å². The minimum atomic E-state index is -1.49. The monoisotopic (exact) mass is 545 g/mol. The molecule has 0 aliphatic heterocycles. The van der Waals surface area contributed by atoms with Crippen LogP contribution in [0.25, 0.3) is 10.9 Å². The highest BCUT2D eigenvalue weighted by atomic mass is 16.4. The Bertz CT molecular complexity index is 1220. The van der Waals surface area contributed by atoms with E-state index in [1.807, 2.05) is 0 Å². The number of aliphatic carboxylic acids is 4. The number of aliphatic imine (C=N–C) groups is 1. The molecule has 1 aromatic carbocycles. The molecule has 1 heterocycles. The molecule has 2 rings (SSSR count). The summed E-state index contributed by atoms with van der Waals surface area (Å²) in [6.45, 7) is -1.52. The zero-order valence-electron chi connectivity index (χ0n) is 21.1. The van der Waals surface area contributed by atoms with Gasteiger partial charge >= 0.3 is 11.9 Å². The fraction of sp³-hybridized carbons (Fsp3) is 0.417. The Morgan fingerprint density at radius 1 is 0.795 bits per heavy atom. The van der Waals surface area contributed by atoms with Crippen LogP contribution in [-0.2, 0) is 19.2 Å². The molecule has 0 unspecified atom stereocenters. The summed E-state index contributed by atoms with van der Waals surface area (Å²) in [6, 6.07) is 6.02. The van der Waals surface area contributed by atoms with Gasteiger partial charge in [0.1, 0.15) is 0 Å². The van der Waals surface area contributed by atoms with Crippen LogP contribution in [0.4, 0.5) is 5.69 Å². The van der Waals surface area contributed by atoms with Crippen molar-refractivity contribution >= 4 is 46.4 Å². The molecule has 0 amide bonds. The largest absolute Gasteiger partial charge is 0.861 e. The Balaban J connectivity index is 2.11. The number of fused-ring (bicyclic) bond motifs is 1. The third-order valence-corrected chi connectivity index (χ3v) is 5.48. The number of pyridine rings is 1. The van der Waals surface area contributed by atoms with Gasteiger partial charge in [-0.2, -0.15) is 0 Å². The van der Waals surface area contributed by atoms with E-state index in [0.717, 1.165) is 4.90 Å². The normalized spacial score (nSPS) is 11.9. The van der Waals surface area contributed by atoms with Crippen LogP contribution in [-0.4, -0.2) is 119 Å². The summed E-state index contributed by atoms with van der Waals surface area (Å²) in [6.07, 6.45) is 0. The number of carbonyl (C=O) groups is 4. The van der Waals surface area contributed by atoms with E-state index in [2.05, 4.69) is 9.98 Å². The molecule has 212 valence electrons. The lowest BCUT2D eigenvalue weighted by molar-refractivity contribution is -0.308. The molecule has 15 nitrogen and oxygen atoms in total. The molecule has 2 aromatic rings. The minimum Gasteiger partial charge on any atom is -0.861 e. The number of aryl methyl sites for hydroxylation is 1. The van der Waals surface area contributed by atoms with Gasteiger partial charge in [0.25, 0.3) is 0 Å². The second-order valence-electron chi connectivity index (χ2n) is 8.71. The van der Waals surface area contributed by atoms with Gasteiger partial charge in [-0.3, -0.25) is 34.3 Å². The summed E-state index contributed by atoms with van der Waals surface area (Å²) in [7, 11) is 0. The summed E-state index contributed by atoms with van der Waals surface area (Å²) in [4.78, 5) is 55.8. The lowest BCUT2D eigenvalue weighted by Gasteiger charge is -2.30. The SMILES string of the molecule is Cc1cc([O-])nc2cc(N=C([O-])CN(CCN(CCN(CC(=O)O)CC(=O)O)CC(=O)[O-])CC(=O)[O-])ccc12. The second kappa shape index (κ2) is 14.6. The second-order valence-corrected chi connectivity index (χ2v) is 8.71. The van der Waals surface area contributed by atoms with Crippen molar-refractivity contribution in [3.8, 4) is 5.88 Å². The predicted molar refractivity (Wildman–Crippen MR) is 128 cm³/mol. The first-order chi connectivity index (χ1) is 18.3. The number of carbonyl (C=O) groups excluding carboxylic acids is 2. The van der Waals surface area contributed by atoms with Crippen molar-refractivity contribution in [2.24, 2.45) is 4.99 Å². The summed E-state index contributed by atoms with van der Waals surface area (Å²) >= 11 is 0. The van der Waals surface area contributed by atoms with Gasteiger partial charge < -0.3 is 40.2 Å². The third kappa shape index (κ3) is 11.3. The molecule has 0 spiro atoms. The van der Waals surface area contributed by atoms with Gasteiger partial charge in [0, 0.05) is 51.2 Å². The maximum absolute atomic E-state index is 12.6. The Morgan fingerprint density at radius 3 is 1.85 bits per heavy atom. The summed E-state index contributed by atoms with van der Waals surface area (Å²) in [5.41, 5.74) is 1.26. The molecule has 39 heavy (non-hydrogen) atoms. The summed E-state index contributed by atoms with van der Waals surface area (Å²) < 4.78 is 0. The van der Waals surface area contributed by atoms with Crippen LogP contribution in [0.3, 0.4) is 0 Å². The van der Waals surface area contributed by atoms with E-state index in [1.165, 1.54) is 21.9 Å². The quantitative estimate of drug-likeness (QED) is 0.141. The van der Waals surface area contributed by atoms with E-state index in [4.69, 9.17) is 10.2 Å². The minimum absolute atomic E-state index is 0.0722. The van der Waals surface area contributed by atoms with E-state index in [1.54, 1.807) is 19.1 Å². The van der Waals surface area contributed by atoms with Gasteiger partial charge in [-0.15, -0.1) is 0 Å². The van der Waals surface area contributed by atoms with Crippen LogP contribution >= 0.6 is 0 Å². The standard InChI is InChI=1S/C24H31N5O10/c1-15-8-19(30)26-18-9-16(2-3-17(15)18)25-20(31)10-28(12-22(34)35)6-4-27(11-21(32)33)5-7-29(13-23(36)37)14-24(38)39/h2-3,8-9H,4-7,10-14H2,1H3,(H,25,31)(H,26,30)(H,32,33)(H,34,35)(H,36,37)(H,38,39)/p-4. The molecule has 0 saturated heterocycles. The fourth-order valence-electron chi connectivity index (χ4n) is 3.81. The molecule has 0 radical (unpaired) electrons. The average Bonchev–Trinajstić information content (AvgIpc) is 2.78. The highest BCUT2D eigenvalue weighted by Gasteiger charge is 2.16. The molecule has 2 N–H and O–H groups in total. The van der Waals surface area contributed by atoms with Gasteiger partial charge in [-0.05, 0) is 42.5 Å². The van der Waals surface area contributed by atoms with E-state index in [9.17, 15) is 39.6 Å². The Labute approximate surface area is 222 Å².